The summed E-state index contributed by atoms with van der Waals surface area (Å²) in [5.41, 5.74) is 3.91. The standard InChI is InChI=1S/C20H20N2O.Li/c1-20(2,3)14-12-15(17-8-4-6-10-21-17)19(23)16(13-14)18-9-5-7-11-22-18;/h4-13,23H,1-3H3;/q;-1. The van der Waals surface area contributed by atoms with Gasteiger partial charge in [-0.2, -0.15) is 0 Å². The van der Waals surface area contributed by atoms with E-state index in [4.69, 9.17) is 0 Å². The molecule has 3 nitrogen and oxygen atoms in total. The van der Waals surface area contributed by atoms with Crippen LogP contribution in [0.1, 0.15) is 26.3 Å². The van der Waals surface area contributed by atoms with E-state index in [1.807, 2.05) is 54.7 Å². The van der Waals surface area contributed by atoms with Gasteiger partial charge in [-0.15, -0.1) is 0 Å². The zero-order chi connectivity index (χ0) is 16.4. The van der Waals surface area contributed by atoms with Crippen molar-refractivity contribution in [2.75, 3.05) is 0 Å². The first kappa shape index (κ1) is 18.3. The van der Waals surface area contributed by atoms with E-state index >= 15 is 0 Å². The van der Waals surface area contributed by atoms with Crippen molar-refractivity contribution in [1.29, 1.82) is 0 Å². The van der Waals surface area contributed by atoms with Gasteiger partial charge in [0.25, 0.3) is 0 Å². The zero-order valence-corrected chi connectivity index (χ0v) is 14.6. The van der Waals surface area contributed by atoms with E-state index in [-0.39, 0.29) is 30.0 Å². The smallest absolute Gasteiger partial charge is 0.210 e. The van der Waals surface area contributed by atoms with Crippen molar-refractivity contribution in [3.8, 4) is 28.3 Å². The molecule has 0 saturated carbocycles. The van der Waals surface area contributed by atoms with Crippen LogP contribution in [0.15, 0.2) is 60.9 Å². The summed E-state index contributed by atoms with van der Waals surface area (Å²) < 4.78 is 0. The van der Waals surface area contributed by atoms with E-state index in [1.54, 1.807) is 6.20 Å². The van der Waals surface area contributed by atoms with Crippen LogP contribution in [-0.4, -0.2) is 23.8 Å². The minimum atomic E-state index is -0.0548. The molecule has 0 amide bonds. The molecule has 1 aromatic carbocycles. The number of hydrogen-bond donors (Lipinski definition) is 0. The molecule has 0 atom stereocenters. The Hall–Kier alpha value is -2.08. The summed E-state index contributed by atoms with van der Waals surface area (Å²) in [6.45, 7) is 6.44. The molecule has 1 N–H and O–H groups in total. The molecule has 2 heterocycles. The van der Waals surface area contributed by atoms with Crippen molar-refractivity contribution in [3.05, 3.63) is 66.5 Å². The molecule has 0 aliphatic carbocycles. The fourth-order valence-electron chi connectivity index (χ4n) is 2.54. The van der Waals surface area contributed by atoms with Crippen LogP contribution in [-0.2, 0) is 5.41 Å². The first-order chi connectivity index (χ1) is 11.0. The van der Waals surface area contributed by atoms with Gasteiger partial charge >= 0.3 is 0 Å². The quantitative estimate of drug-likeness (QED) is 0.682. The third-order valence-electron chi connectivity index (χ3n) is 3.90. The molecule has 0 spiro atoms. The van der Waals surface area contributed by atoms with Crippen molar-refractivity contribution in [1.82, 2.24) is 4.98 Å². The summed E-state index contributed by atoms with van der Waals surface area (Å²) in [6, 6.07) is 15.3. The molecule has 0 unspecified atom stereocenters. The van der Waals surface area contributed by atoms with Gasteiger partial charge < -0.3 is 24.0 Å². The monoisotopic (exact) mass is 311 g/mol. The van der Waals surface area contributed by atoms with Crippen LogP contribution in [0.2, 0.25) is 0 Å². The second-order valence-electron chi connectivity index (χ2n) is 6.64. The number of nitrogens with zero attached hydrogens (tertiary/aromatic N) is 1. The van der Waals surface area contributed by atoms with Gasteiger partial charge in [-0.05, 0) is 46.9 Å². The van der Waals surface area contributed by atoms with Crippen molar-refractivity contribution in [3.63, 3.8) is 0 Å². The largest absolute Gasteiger partial charge is 1.00 e. The molecule has 0 aliphatic heterocycles. The van der Waals surface area contributed by atoms with Crippen LogP contribution in [0.3, 0.4) is 0 Å². The van der Waals surface area contributed by atoms with Crippen molar-refractivity contribution < 1.29 is 10.1 Å². The first-order valence-corrected chi connectivity index (χ1v) is 7.71. The van der Waals surface area contributed by atoms with Crippen LogP contribution in [0.25, 0.3) is 22.5 Å². The Labute approximate surface area is 155 Å². The van der Waals surface area contributed by atoms with Gasteiger partial charge in [-0.1, -0.05) is 32.6 Å². The Morgan fingerprint density at radius 2 is 1.67 bits per heavy atom. The fourth-order valence-corrected chi connectivity index (χ4v) is 2.54. The summed E-state index contributed by atoms with van der Waals surface area (Å²) in [4.78, 5) is 7.52. The van der Waals surface area contributed by atoms with Gasteiger partial charge in [0.2, 0.25) is 5.69 Å². The molecule has 0 bridgehead atoms. The molecular formula is C20H20LiN2O-. The molecule has 3 rings (SSSR count). The van der Waals surface area contributed by atoms with Crippen molar-refractivity contribution >= 4 is 18.9 Å². The van der Waals surface area contributed by atoms with E-state index in [0.717, 1.165) is 11.3 Å². The molecule has 3 aromatic rings. The number of nitrogens with one attached hydrogen (secondary N) is 1. The minimum absolute atomic E-state index is 0. The van der Waals surface area contributed by atoms with Crippen LogP contribution in [0.5, 0.6) is 5.75 Å². The average Bonchev–Trinajstić information content (AvgIpc) is 2.55. The van der Waals surface area contributed by atoms with Gasteiger partial charge in [-0.25, -0.2) is 4.98 Å². The molecule has 24 heavy (non-hydrogen) atoms. The van der Waals surface area contributed by atoms with Crippen LogP contribution in [0.4, 0.5) is 0 Å². The van der Waals surface area contributed by atoms with Crippen LogP contribution < -0.4 is 10.1 Å². The normalized spacial score (nSPS) is 11.0. The predicted octanol–water partition coefficient (Wildman–Crippen LogP) is 3.22. The maximum absolute atomic E-state index is 13.0. The second kappa shape index (κ2) is 7.21. The van der Waals surface area contributed by atoms with Crippen molar-refractivity contribution in [2.24, 2.45) is 0 Å². The Morgan fingerprint density at radius 3 is 2.25 bits per heavy atom. The maximum atomic E-state index is 13.0. The van der Waals surface area contributed by atoms with E-state index < -0.39 is 0 Å². The Kier molecular flexibility index (Phi) is 5.49. The van der Waals surface area contributed by atoms with Gasteiger partial charge in [0.05, 0.1) is 5.69 Å². The SMILES string of the molecule is CC(C)(C)c1cc(-c2ccccn2)c([O-])c(-c2cccc[nH+]2)c1.[Li-]. The fraction of sp³-hybridized carbons (Fsp3) is 0.200. The van der Waals surface area contributed by atoms with E-state index in [9.17, 15) is 5.11 Å². The molecule has 2 radical (unpaired) electrons. The predicted molar refractivity (Wildman–Crippen MR) is 95.6 cm³/mol. The number of H-pyrrole nitrogens is 1. The number of rotatable bonds is 2. The minimum Gasteiger partial charge on any atom is -1.00 e. The molecule has 2 aromatic heterocycles. The average molecular weight is 311 g/mol. The van der Waals surface area contributed by atoms with Crippen molar-refractivity contribution in [2.45, 2.75) is 26.2 Å². The van der Waals surface area contributed by atoms with E-state index in [1.165, 1.54) is 0 Å². The topological polar surface area (TPSA) is 50.1 Å². The zero-order valence-electron chi connectivity index (χ0n) is 14.6. The Balaban J connectivity index is 0.00000208. The number of aromatic nitrogens is 2. The molecule has 118 valence electrons. The molecule has 0 aliphatic rings. The number of aromatic amines is 1. The number of pyridine rings is 2. The Morgan fingerprint density at radius 1 is 0.958 bits per heavy atom. The third-order valence-corrected chi connectivity index (χ3v) is 3.90. The van der Waals surface area contributed by atoms with Gasteiger partial charge in [-0.3, -0.25) is 4.98 Å². The van der Waals surface area contributed by atoms with E-state index in [2.05, 4.69) is 30.7 Å². The second-order valence-corrected chi connectivity index (χ2v) is 6.64. The summed E-state index contributed by atoms with van der Waals surface area (Å²) in [5.74, 6) is -0.000787. The molecular weight excluding hydrogens is 291 g/mol. The van der Waals surface area contributed by atoms with Crippen LogP contribution >= 0.6 is 0 Å². The summed E-state index contributed by atoms with van der Waals surface area (Å²) in [5, 5.41) is 13.0. The van der Waals surface area contributed by atoms with Gasteiger partial charge in [0, 0.05) is 23.9 Å². The molecule has 0 saturated heterocycles. The molecule has 4 heteroatoms. The summed E-state index contributed by atoms with van der Waals surface area (Å²) in [6.07, 6.45) is 3.55. The number of hydrogen-bond acceptors (Lipinski definition) is 2. The third kappa shape index (κ3) is 3.70. The van der Waals surface area contributed by atoms with Gasteiger partial charge in [0.1, 0.15) is 0 Å². The number of benzene rings is 1. The summed E-state index contributed by atoms with van der Waals surface area (Å²) in [7, 11) is 0. The van der Waals surface area contributed by atoms with Gasteiger partial charge in [0.15, 0.2) is 6.20 Å². The van der Waals surface area contributed by atoms with Crippen LogP contribution in [0, 0.1) is 0 Å². The first-order valence-electron chi connectivity index (χ1n) is 7.71. The Bertz CT molecular complexity index is 752. The maximum Gasteiger partial charge on any atom is 0.210 e. The summed E-state index contributed by atoms with van der Waals surface area (Å²) >= 11 is 0. The van der Waals surface area contributed by atoms with E-state index in [0.29, 0.717) is 16.8 Å². The molecule has 0 fully saturated rings.